The van der Waals surface area contributed by atoms with Gasteiger partial charge in [-0.05, 0) is 12.1 Å². The Morgan fingerprint density at radius 3 is 2.83 bits per heavy atom. The van der Waals surface area contributed by atoms with E-state index >= 15 is 0 Å². The van der Waals surface area contributed by atoms with Gasteiger partial charge in [-0.25, -0.2) is 0 Å². The minimum absolute atomic E-state index is 0.282. The molecule has 1 aliphatic heterocycles. The van der Waals surface area contributed by atoms with Crippen LogP contribution in [0.15, 0.2) is 24.3 Å². The average molecular weight is 249 g/mol. The lowest BCUT2D eigenvalue weighted by Crippen LogP contribution is -2.45. The number of anilines is 1. The Morgan fingerprint density at radius 2 is 2.17 bits per heavy atom. The first-order valence-corrected chi connectivity index (χ1v) is 5.70. The van der Waals surface area contributed by atoms with Crippen molar-refractivity contribution >= 4 is 17.5 Å². The van der Waals surface area contributed by atoms with E-state index in [1.54, 1.807) is 24.3 Å². The van der Waals surface area contributed by atoms with Gasteiger partial charge in [0, 0.05) is 13.1 Å². The number of benzene rings is 1. The Labute approximate surface area is 104 Å². The number of rotatable bonds is 3. The van der Waals surface area contributed by atoms with Crippen LogP contribution in [0.4, 0.5) is 5.69 Å². The Balaban J connectivity index is 2.08. The van der Waals surface area contributed by atoms with Gasteiger partial charge in [0.2, 0.25) is 0 Å². The van der Waals surface area contributed by atoms with E-state index in [1.807, 2.05) is 0 Å². The summed E-state index contributed by atoms with van der Waals surface area (Å²) in [6.07, 6.45) is -0.542. The van der Waals surface area contributed by atoms with Gasteiger partial charge in [0.1, 0.15) is 6.10 Å². The van der Waals surface area contributed by atoms with Crippen molar-refractivity contribution in [2.24, 2.45) is 5.73 Å². The molecule has 1 aliphatic rings. The van der Waals surface area contributed by atoms with Crippen LogP contribution < -0.4 is 16.4 Å². The SMILES string of the molecule is NC(=O)c1ccccc1NC(=O)C1CNCCO1. The average Bonchev–Trinajstić information content (AvgIpc) is 2.40. The van der Waals surface area contributed by atoms with Gasteiger partial charge >= 0.3 is 0 Å². The topological polar surface area (TPSA) is 93.5 Å². The van der Waals surface area contributed by atoms with Crippen molar-refractivity contribution in [2.45, 2.75) is 6.10 Å². The fraction of sp³-hybridized carbons (Fsp3) is 0.333. The molecule has 2 rings (SSSR count). The molecule has 6 nitrogen and oxygen atoms in total. The number of para-hydroxylation sites is 1. The van der Waals surface area contributed by atoms with Gasteiger partial charge < -0.3 is 21.1 Å². The largest absolute Gasteiger partial charge is 0.366 e. The number of carbonyl (C=O) groups excluding carboxylic acids is 2. The van der Waals surface area contributed by atoms with Crippen molar-refractivity contribution in [1.29, 1.82) is 0 Å². The molecule has 0 aliphatic carbocycles. The Hall–Kier alpha value is -1.92. The molecule has 18 heavy (non-hydrogen) atoms. The summed E-state index contributed by atoms with van der Waals surface area (Å²) in [5.74, 6) is -0.857. The lowest BCUT2D eigenvalue weighted by molar-refractivity contribution is -0.128. The van der Waals surface area contributed by atoms with Crippen LogP contribution in [-0.4, -0.2) is 37.6 Å². The number of ether oxygens (including phenoxy) is 1. The molecule has 1 aromatic carbocycles. The van der Waals surface area contributed by atoms with E-state index in [1.165, 1.54) is 0 Å². The summed E-state index contributed by atoms with van der Waals surface area (Å²) in [6, 6.07) is 6.61. The lowest BCUT2D eigenvalue weighted by atomic mass is 10.1. The Kier molecular flexibility index (Phi) is 3.91. The summed E-state index contributed by atoms with van der Waals surface area (Å²) >= 11 is 0. The third-order valence-electron chi connectivity index (χ3n) is 2.67. The van der Waals surface area contributed by atoms with Gasteiger partial charge in [-0.15, -0.1) is 0 Å². The molecule has 1 fully saturated rings. The highest BCUT2D eigenvalue weighted by molar-refractivity contribution is 6.04. The summed E-state index contributed by atoms with van der Waals surface area (Å²) < 4.78 is 5.32. The number of carbonyl (C=O) groups is 2. The molecule has 1 aromatic rings. The zero-order chi connectivity index (χ0) is 13.0. The minimum atomic E-state index is -0.575. The molecular formula is C12H15N3O3. The Bertz CT molecular complexity index is 456. The van der Waals surface area contributed by atoms with Gasteiger partial charge in [0.05, 0.1) is 17.9 Å². The van der Waals surface area contributed by atoms with Crippen LogP contribution in [0.25, 0.3) is 0 Å². The zero-order valence-corrected chi connectivity index (χ0v) is 9.81. The van der Waals surface area contributed by atoms with Crippen LogP contribution in [0.1, 0.15) is 10.4 Å². The molecule has 2 amide bonds. The van der Waals surface area contributed by atoms with Crippen molar-refractivity contribution in [2.75, 3.05) is 25.0 Å². The summed E-state index contributed by atoms with van der Waals surface area (Å²) in [4.78, 5) is 23.1. The predicted molar refractivity (Wildman–Crippen MR) is 66.2 cm³/mol. The second-order valence-corrected chi connectivity index (χ2v) is 3.96. The normalized spacial score (nSPS) is 19.2. The standard InChI is InChI=1S/C12H15N3O3/c13-11(16)8-3-1-2-4-9(8)15-12(17)10-7-14-5-6-18-10/h1-4,10,14H,5-7H2,(H2,13,16)(H,15,17). The van der Waals surface area contributed by atoms with Crippen LogP contribution in [0.2, 0.25) is 0 Å². The van der Waals surface area contributed by atoms with Gasteiger partial charge in [-0.2, -0.15) is 0 Å². The molecule has 0 bridgehead atoms. The third-order valence-corrected chi connectivity index (χ3v) is 2.67. The van der Waals surface area contributed by atoms with Gasteiger partial charge in [-0.1, -0.05) is 12.1 Å². The molecule has 0 radical (unpaired) electrons. The predicted octanol–water partition coefficient (Wildman–Crippen LogP) is -0.288. The molecule has 96 valence electrons. The van der Waals surface area contributed by atoms with Crippen molar-refractivity contribution in [3.8, 4) is 0 Å². The fourth-order valence-corrected chi connectivity index (χ4v) is 1.75. The number of primary amides is 1. The van der Waals surface area contributed by atoms with E-state index in [0.717, 1.165) is 6.54 Å². The maximum absolute atomic E-state index is 11.9. The molecule has 1 heterocycles. The summed E-state index contributed by atoms with van der Waals surface area (Å²) in [5, 5.41) is 5.72. The highest BCUT2D eigenvalue weighted by atomic mass is 16.5. The van der Waals surface area contributed by atoms with Gasteiger partial charge in [-0.3, -0.25) is 9.59 Å². The van der Waals surface area contributed by atoms with Crippen LogP contribution in [0.3, 0.4) is 0 Å². The highest BCUT2D eigenvalue weighted by Crippen LogP contribution is 2.15. The Morgan fingerprint density at radius 1 is 1.39 bits per heavy atom. The molecule has 1 unspecified atom stereocenters. The third kappa shape index (κ3) is 2.85. The molecule has 1 saturated heterocycles. The summed E-state index contributed by atoms with van der Waals surface area (Å²) in [5.41, 5.74) is 5.93. The number of hydrogen-bond donors (Lipinski definition) is 3. The summed E-state index contributed by atoms with van der Waals surface area (Å²) in [7, 11) is 0. The second-order valence-electron chi connectivity index (χ2n) is 3.96. The van der Waals surface area contributed by atoms with Crippen molar-refractivity contribution < 1.29 is 14.3 Å². The van der Waals surface area contributed by atoms with Gasteiger partial charge in [0.15, 0.2) is 0 Å². The monoisotopic (exact) mass is 249 g/mol. The molecule has 4 N–H and O–H groups in total. The molecule has 0 aromatic heterocycles. The van der Waals surface area contributed by atoms with E-state index in [4.69, 9.17) is 10.5 Å². The minimum Gasteiger partial charge on any atom is -0.366 e. The number of nitrogens with two attached hydrogens (primary N) is 1. The van der Waals surface area contributed by atoms with E-state index in [-0.39, 0.29) is 11.5 Å². The van der Waals surface area contributed by atoms with E-state index < -0.39 is 12.0 Å². The fourth-order valence-electron chi connectivity index (χ4n) is 1.75. The molecule has 0 saturated carbocycles. The van der Waals surface area contributed by atoms with Crippen LogP contribution in [-0.2, 0) is 9.53 Å². The first-order chi connectivity index (χ1) is 8.68. The van der Waals surface area contributed by atoms with E-state index in [0.29, 0.717) is 18.8 Å². The van der Waals surface area contributed by atoms with Crippen LogP contribution in [0, 0.1) is 0 Å². The highest BCUT2D eigenvalue weighted by Gasteiger charge is 2.22. The molecule has 0 spiro atoms. The van der Waals surface area contributed by atoms with E-state index in [9.17, 15) is 9.59 Å². The smallest absolute Gasteiger partial charge is 0.254 e. The number of nitrogens with one attached hydrogen (secondary N) is 2. The number of amides is 2. The molecule has 6 heteroatoms. The second kappa shape index (κ2) is 5.61. The first kappa shape index (κ1) is 12.5. The summed E-state index contributed by atoms with van der Waals surface area (Å²) in [6.45, 7) is 1.70. The van der Waals surface area contributed by atoms with Crippen LogP contribution in [0.5, 0.6) is 0 Å². The maximum atomic E-state index is 11.9. The first-order valence-electron chi connectivity index (χ1n) is 5.70. The molecule has 1 atom stereocenters. The molecular weight excluding hydrogens is 234 g/mol. The maximum Gasteiger partial charge on any atom is 0.254 e. The van der Waals surface area contributed by atoms with E-state index in [2.05, 4.69) is 10.6 Å². The van der Waals surface area contributed by atoms with Crippen molar-refractivity contribution in [3.05, 3.63) is 29.8 Å². The lowest BCUT2D eigenvalue weighted by Gasteiger charge is -2.23. The van der Waals surface area contributed by atoms with Crippen molar-refractivity contribution in [1.82, 2.24) is 5.32 Å². The quantitative estimate of drug-likeness (QED) is 0.686. The van der Waals surface area contributed by atoms with Crippen LogP contribution >= 0.6 is 0 Å². The number of hydrogen-bond acceptors (Lipinski definition) is 4. The number of morpholine rings is 1. The van der Waals surface area contributed by atoms with Gasteiger partial charge in [0.25, 0.3) is 11.8 Å². The zero-order valence-electron chi connectivity index (χ0n) is 9.81. The van der Waals surface area contributed by atoms with Crippen molar-refractivity contribution in [3.63, 3.8) is 0 Å².